The molecule has 1 unspecified atom stereocenters. The Hall–Kier alpha value is -1.60. The van der Waals surface area contributed by atoms with E-state index in [2.05, 4.69) is 74.4 Å². The number of nitrogens with zero attached hydrogens (tertiary/aromatic N) is 4. The number of hydrogen-bond donors (Lipinski definition) is 1. The molecule has 0 bridgehead atoms. The Morgan fingerprint density at radius 1 is 1.26 bits per heavy atom. The summed E-state index contributed by atoms with van der Waals surface area (Å²) in [6.45, 7) is 4.29. The van der Waals surface area contributed by atoms with Crippen molar-refractivity contribution in [2.45, 2.75) is 24.8 Å². The molecule has 0 saturated carbocycles. The van der Waals surface area contributed by atoms with Crippen LogP contribution in [-0.4, -0.2) is 25.5 Å². The normalized spacial score (nSPS) is 12.5. The Morgan fingerprint density at radius 3 is 2.70 bits per heavy atom. The summed E-state index contributed by atoms with van der Waals surface area (Å²) in [5.74, 6) is 1.87. The molecule has 1 aromatic carbocycles. The van der Waals surface area contributed by atoms with Gasteiger partial charge in [0.05, 0.1) is 5.39 Å². The molecule has 2 aromatic heterocycles. The number of hydrogen-bond acceptors (Lipinski definition) is 5. The fourth-order valence-electron chi connectivity index (χ4n) is 2.46. The molecule has 7 heteroatoms. The van der Waals surface area contributed by atoms with E-state index >= 15 is 0 Å². The van der Waals surface area contributed by atoms with Gasteiger partial charge in [-0.05, 0) is 46.3 Å². The molecule has 2 heterocycles. The Bertz CT molecular complexity index is 815. The molecule has 0 radical (unpaired) electrons. The van der Waals surface area contributed by atoms with Gasteiger partial charge >= 0.3 is 0 Å². The highest BCUT2D eigenvalue weighted by atomic mass is 79.9. The molecule has 0 aliphatic heterocycles. The highest BCUT2D eigenvalue weighted by Gasteiger charge is 2.15. The van der Waals surface area contributed by atoms with Crippen LogP contribution >= 0.6 is 27.7 Å². The lowest BCUT2D eigenvalue weighted by Gasteiger charge is -2.16. The van der Waals surface area contributed by atoms with Gasteiger partial charge in [-0.25, -0.2) is 14.6 Å². The summed E-state index contributed by atoms with van der Waals surface area (Å²) in [6, 6.07) is 8.79. The summed E-state index contributed by atoms with van der Waals surface area (Å²) in [7, 11) is 1.87. The molecule has 3 rings (SSSR count). The third-order valence-corrected chi connectivity index (χ3v) is 5.07. The molecule has 1 atom stereocenters. The number of thioether (sulfide) groups is 1. The summed E-state index contributed by atoms with van der Waals surface area (Å²) in [4.78, 5) is 9.97. The van der Waals surface area contributed by atoms with Crippen LogP contribution in [0.15, 0.2) is 40.1 Å². The summed E-state index contributed by atoms with van der Waals surface area (Å²) in [5.41, 5.74) is 2.02. The Balaban J connectivity index is 1.86. The Morgan fingerprint density at radius 2 is 2.00 bits per heavy atom. The van der Waals surface area contributed by atoms with Crippen LogP contribution in [0, 0.1) is 0 Å². The van der Waals surface area contributed by atoms with Crippen LogP contribution in [0.4, 0.5) is 5.82 Å². The average molecular weight is 392 g/mol. The zero-order valence-electron chi connectivity index (χ0n) is 13.2. The van der Waals surface area contributed by atoms with Crippen molar-refractivity contribution >= 4 is 44.5 Å². The number of anilines is 1. The first kappa shape index (κ1) is 16.3. The van der Waals surface area contributed by atoms with Gasteiger partial charge in [-0.15, -0.1) is 11.8 Å². The monoisotopic (exact) mass is 391 g/mol. The number of aromatic nitrogens is 4. The Kier molecular flexibility index (Phi) is 4.87. The number of halogens is 1. The van der Waals surface area contributed by atoms with Crippen LogP contribution in [0.5, 0.6) is 0 Å². The van der Waals surface area contributed by atoms with Crippen LogP contribution in [0.3, 0.4) is 0 Å². The van der Waals surface area contributed by atoms with E-state index in [4.69, 9.17) is 0 Å². The molecule has 0 spiro atoms. The largest absolute Gasteiger partial charge is 0.363 e. The number of rotatable bonds is 5. The summed E-state index contributed by atoms with van der Waals surface area (Å²) >= 11 is 5.33. The fourth-order valence-corrected chi connectivity index (χ4v) is 3.72. The first-order valence-electron chi connectivity index (χ1n) is 7.42. The minimum atomic E-state index is 0.140. The maximum Gasteiger partial charge on any atom is 0.164 e. The van der Waals surface area contributed by atoms with Crippen molar-refractivity contribution in [3.05, 3.63) is 40.8 Å². The van der Waals surface area contributed by atoms with E-state index in [1.807, 2.05) is 18.8 Å². The molecule has 0 amide bonds. The van der Waals surface area contributed by atoms with E-state index in [1.165, 1.54) is 10.5 Å². The van der Waals surface area contributed by atoms with Gasteiger partial charge in [-0.1, -0.05) is 19.1 Å². The van der Waals surface area contributed by atoms with Crippen LogP contribution in [0.1, 0.15) is 25.5 Å². The third kappa shape index (κ3) is 3.35. The molecule has 0 aliphatic rings. The van der Waals surface area contributed by atoms with Gasteiger partial charge in [0.25, 0.3) is 0 Å². The second-order valence-electron chi connectivity index (χ2n) is 5.20. The third-order valence-electron chi connectivity index (χ3n) is 3.62. The van der Waals surface area contributed by atoms with Crippen molar-refractivity contribution in [1.82, 2.24) is 19.7 Å². The van der Waals surface area contributed by atoms with Gasteiger partial charge in [0, 0.05) is 18.0 Å². The minimum Gasteiger partial charge on any atom is -0.363 e. The molecule has 5 nitrogen and oxygen atoms in total. The topological polar surface area (TPSA) is 55.6 Å². The van der Waals surface area contributed by atoms with E-state index in [-0.39, 0.29) is 6.04 Å². The van der Waals surface area contributed by atoms with E-state index < -0.39 is 0 Å². The van der Waals surface area contributed by atoms with Crippen LogP contribution in [0.25, 0.3) is 11.0 Å². The average Bonchev–Trinajstić information content (AvgIpc) is 2.84. The fraction of sp³-hybridized carbons (Fsp3) is 0.312. The zero-order valence-corrected chi connectivity index (χ0v) is 15.6. The van der Waals surface area contributed by atoms with Gasteiger partial charge in [0.2, 0.25) is 0 Å². The van der Waals surface area contributed by atoms with E-state index in [0.717, 1.165) is 27.2 Å². The first-order valence-corrected chi connectivity index (χ1v) is 9.20. The lowest BCUT2D eigenvalue weighted by molar-refractivity contribution is 0.777. The predicted octanol–water partition coefficient (Wildman–Crippen LogP) is 4.41. The van der Waals surface area contributed by atoms with Crippen molar-refractivity contribution < 1.29 is 0 Å². The Labute approximate surface area is 148 Å². The maximum atomic E-state index is 4.38. The van der Waals surface area contributed by atoms with Gasteiger partial charge in [0.1, 0.15) is 16.7 Å². The number of benzene rings is 1. The van der Waals surface area contributed by atoms with Gasteiger partial charge in [-0.3, -0.25) is 0 Å². The smallest absolute Gasteiger partial charge is 0.164 e. The van der Waals surface area contributed by atoms with Gasteiger partial charge in [0.15, 0.2) is 5.65 Å². The molecule has 0 fully saturated rings. The molecule has 23 heavy (non-hydrogen) atoms. The van der Waals surface area contributed by atoms with Crippen molar-refractivity contribution in [3.8, 4) is 0 Å². The molecule has 0 aliphatic carbocycles. The van der Waals surface area contributed by atoms with Crippen molar-refractivity contribution in [1.29, 1.82) is 0 Å². The molecule has 0 saturated heterocycles. The molecular formula is C16H18BrN5S. The molecular weight excluding hydrogens is 374 g/mol. The molecule has 120 valence electrons. The van der Waals surface area contributed by atoms with Gasteiger partial charge in [-0.2, -0.15) is 5.10 Å². The lowest BCUT2D eigenvalue weighted by atomic mass is 10.1. The second kappa shape index (κ2) is 6.88. The first-order chi connectivity index (χ1) is 11.1. The lowest BCUT2D eigenvalue weighted by Crippen LogP contribution is -2.08. The van der Waals surface area contributed by atoms with E-state index in [1.54, 1.807) is 11.0 Å². The predicted molar refractivity (Wildman–Crippen MR) is 98.9 cm³/mol. The molecule has 3 aromatic rings. The van der Waals surface area contributed by atoms with Crippen molar-refractivity contribution in [3.63, 3.8) is 0 Å². The second-order valence-corrected chi connectivity index (χ2v) is 7.29. The SMILES string of the molecule is CCSc1ccc(C(C)Nc2ncnc3c2c(Br)nn3C)cc1. The highest BCUT2D eigenvalue weighted by molar-refractivity contribution is 9.10. The van der Waals surface area contributed by atoms with Crippen molar-refractivity contribution in [2.75, 3.05) is 11.1 Å². The standard InChI is InChI=1S/C16H18BrN5S/c1-4-23-12-7-5-11(6-8-12)10(2)20-15-13-14(17)21-22(3)16(13)19-9-18-15/h5-10H,4H2,1-3H3,(H,18,19,20). The van der Waals surface area contributed by atoms with E-state index in [9.17, 15) is 0 Å². The van der Waals surface area contributed by atoms with Crippen LogP contribution < -0.4 is 5.32 Å². The molecule has 1 N–H and O–H groups in total. The summed E-state index contributed by atoms with van der Waals surface area (Å²) in [5, 5.41) is 8.72. The number of aryl methyl sites for hydroxylation is 1. The highest BCUT2D eigenvalue weighted by Crippen LogP contribution is 2.29. The van der Waals surface area contributed by atoms with Crippen molar-refractivity contribution in [2.24, 2.45) is 7.05 Å². The quantitative estimate of drug-likeness (QED) is 0.652. The number of fused-ring (bicyclic) bond motifs is 1. The summed E-state index contributed by atoms with van der Waals surface area (Å²) in [6.07, 6.45) is 1.56. The van der Waals surface area contributed by atoms with Crippen LogP contribution in [-0.2, 0) is 7.05 Å². The summed E-state index contributed by atoms with van der Waals surface area (Å²) < 4.78 is 2.49. The zero-order chi connectivity index (χ0) is 16.4. The minimum absolute atomic E-state index is 0.140. The van der Waals surface area contributed by atoms with E-state index in [0.29, 0.717) is 0 Å². The van der Waals surface area contributed by atoms with Crippen LogP contribution in [0.2, 0.25) is 0 Å². The number of nitrogens with one attached hydrogen (secondary N) is 1. The maximum absolute atomic E-state index is 4.38. The van der Waals surface area contributed by atoms with Gasteiger partial charge < -0.3 is 5.32 Å².